The molecule has 180 valence electrons. The lowest BCUT2D eigenvalue weighted by Gasteiger charge is -2.32. The van der Waals surface area contributed by atoms with Gasteiger partial charge in [-0.25, -0.2) is 4.39 Å². The molecule has 0 amide bonds. The van der Waals surface area contributed by atoms with Gasteiger partial charge in [0.05, 0.1) is 5.56 Å². The van der Waals surface area contributed by atoms with Gasteiger partial charge in [0.1, 0.15) is 0 Å². The highest BCUT2D eigenvalue weighted by atomic mass is 19.3. The third-order valence-corrected chi connectivity index (χ3v) is 7.75. The molecule has 0 radical (unpaired) electrons. The number of hydrogen-bond donors (Lipinski definition) is 0. The van der Waals surface area contributed by atoms with Crippen LogP contribution in [0.4, 0.5) is 13.2 Å². The first-order valence-electron chi connectivity index (χ1n) is 13.0. The van der Waals surface area contributed by atoms with Crippen molar-refractivity contribution < 1.29 is 17.9 Å². The normalized spacial score (nSPS) is 21.2. The Balaban J connectivity index is 1.54. The summed E-state index contributed by atoms with van der Waals surface area (Å²) in [7, 11) is 0. The third-order valence-electron chi connectivity index (χ3n) is 7.75. The second-order valence-electron chi connectivity index (χ2n) is 9.98. The molecule has 0 aromatic heterocycles. The molecule has 2 aromatic rings. The van der Waals surface area contributed by atoms with Gasteiger partial charge in [-0.15, -0.1) is 0 Å². The van der Waals surface area contributed by atoms with Crippen molar-refractivity contribution in [3.63, 3.8) is 0 Å². The van der Waals surface area contributed by atoms with Crippen molar-refractivity contribution in [3.8, 4) is 16.9 Å². The molecule has 1 aliphatic carbocycles. The summed E-state index contributed by atoms with van der Waals surface area (Å²) >= 11 is 0. The number of hydrogen-bond acceptors (Lipinski definition) is 1. The van der Waals surface area contributed by atoms with Crippen molar-refractivity contribution >= 4 is 0 Å². The van der Waals surface area contributed by atoms with Crippen LogP contribution in [0.3, 0.4) is 0 Å². The van der Waals surface area contributed by atoms with E-state index in [1.165, 1.54) is 25.7 Å². The van der Waals surface area contributed by atoms with Gasteiger partial charge in [-0.05, 0) is 73.1 Å². The van der Waals surface area contributed by atoms with Gasteiger partial charge in [-0.3, -0.25) is 0 Å². The zero-order valence-electron chi connectivity index (χ0n) is 20.1. The second kappa shape index (κ2) is 10.5. The highest BCUT2D eigenvalue weighted by molar-refractivity contribution is 5.77. The number of halogens is 3. The molecule has 4 rings (SSSR count). The Kier molecular flexibility index (Phi) is 7.71. The lowest BCUT2D eigenvalue weighted by molar-refractivity contribution is -0.188. The first-order chi connectivity index (χ1) is 15.9. The summed E-state index contributed by atoms with van der Waals surface area (Å²) in [5, 5.41) is 0. The fraction of sp³-hybridized carbons (Fsp3) is 0.586. The number of benzene rings is 2. The molecule has 2 aliphatic rings. The molecule has 0 atom stereocenters. The van der Waals surface area contributed by atoms with Crippen molar-refractivity contribution in [2.45, 2.75) is 103 Å². The van der Waals surface area contributed by atoms with E-state index in [0.29, 0.717) is 29.0 Å². The van der Waals surface area contributed by atoms with Crippen molar-refractivity contribution in [1.82, 2.24) is 0 Å². The predicted octanol–water partition coefficient (Wildman–Crippen LogP) is 9.52. The van der Waals surface area contributed by atoms with Crippen LogP contribution in [0.15, 0.2) is 30.3 Å². The fourth-order valence-corrected chi connectivity index (χ4v) is 5.58. The zero-order chi connectivity index (χ0) is 23.4. The SMILES string of the molecule is CCCCCCCCc1ccc2c(c1F)OC(F)(F)c1cc(C3CCC(CC)CC3)ccc1-2. The maximum atomic E-state index is 15.2. The number of aryl methyl sites for hydroxylation is 1. The molecule has 1 saturated carbocycles. The number of fused-ring (bicyclic) bond motifs is 3. The standard InChI is InChI=1S/C29H37F3O/c1-3-5-6-7-8-9-10-22-15-18-25-24-17-16-23(21-13-11-20(4-2)12-14-21)19-26(24)29(31,32)33-28(25)27(22)30/h15-21H,3-14H2,1-2H3. The Morgan fingerprint density at radius 2 is 1.58 bits per heavy atom. The van der Waals surface area contributed by atoms with Crippen LogP contribution in [0.2, 0.25) is 0 Å². The van der Waals surface area contributed by atoms with E-state index in [2.05, 4.69) is 13.8 Å². The Hall–Kier alpha value is -1.97. The summed E-state index contributed by atoms with van der Waals surface area (Å²) < 4.78 is 50.4. The fourth-order valence-electron chi connectivity index (χ4n) is 5.58. The van der Waals surface area contributed by atoms with E-state index in [9.17, 15) is 0 Å². The van der Waals surface area contributed by atoms with Crippen molar-refractivity contribution in [2.24, 2.45) is 5.92 Å². The molecular formula is C29H37F3O. The van der Waals surface area contributed by atoms with E-state index >= 15 is 13.2 Å². The van der Waals surface area contributed by atoms with Crippen LogP contribution in [0.5, 0.6) is 5.75 Å². The average molecular weight is 459 g/mol. The van der Waals surface area contributed by atoms with Gasteiger partial charge in [-0.1, -0.05) is 76.6 Å². The molecule has 0 unspecified atom stereocenters. The van der Waals surface area contributed by atoms with Gasteiger partial charge in [0.25, 0.3) is 0 Å². The van der Waals surface area contributed by atoms with Crippen LogP contribution in [0.1, 0.15) is 107 Å². The smallest absolute Gasteiger partial charge is 0.425 e. The Morgan fingerprint density at radius 3 is 2.30 bits per heavy atom. The quantitative estimate of drug-likeness (QED) is 0.340. The van der Waals surface area contributed by atoms with Gasteiger partial charge in [-0.2, -0.15) is 8.78 Å². The summed E-state index contributed by atoms with van der Waals surface area (Å²) in [4.78, 5) is 0. The number of rotatable bonds is 9. The summed E-state index contributed by atoms with van der Waals surface area (Å²) in [6, 6.07) is 8.82. The van der Waals surface area contributed by atoms with E-state index < -0.39 is 11.9 Å². The zero-order valence-corrected chi connectivity index (χ0v) is 20.1. The van der Waals surface area contributed by atoms with Gasteiger partial charge in [0.15, 0.2) is 11.6 Å². The molecule has 2 aromatic carbocycles. The monoisotopic (exact) mass is 458 g/mol. The molecule has 4 heteroatoms. The average Bonchev–Trinajstić information content (AvgIpc) is 2.83. The Morgan fingerprint density at radius 1 is 0.879 bits per heavy atom. The minimum atomic E-state index is -3.53. The van der Waals surface area contributed by atoms with E-state index in [4.69, 9.17) is 4.74 Å². The molecular weight excluding hydrogens is 421 g/mol. The summed E-state index contributed by atoms with van der Waals surface area (Å²) in [6.07, 6.45) is 9.20. The van der Waals surface area contributed by atoms with Crippen molar-refractivity contribution in [2.75, 3.05) is 0 Å². The summed E-state index contributed by atoms with van der Waals surface area (Å²) in [5.74, 6) is 0.135. The van der Waals surface area contributed by atoms with E-state index in [1.807, 2.05) is 6.07 Å². The van der Waals surface area contributed by atoms with Crippen LogP contribution in [0.25, 0.3) is 11.1 Å². The minimum Gasteiger partial charge on any atom is -0.425 e. The number of alkyl halides is 2. The van der Waals surface area contributed by atoms with Crippen LogP contribution in [0, 0.1) is 11.7 Å². The topological polar surface area (TPSA) is 9.23 Å². The van der Waals surface area contributed by atoms with E-state index in [0.717, 1.165) is 56.4 Å². The highest BCUT2D eigenvalue weighted by Crippen LogP contribution is 2.50. The lowest BCUT2D eigenvalue weighted by Crippen LogP contribution is -2.28. The van der Waals surface area contributed by atoms with Gasteiger partial charge >= 0.3 is 6.11 Å². The molecule has 1 nitrogen and oxygen atoms in total. The minimum absolute atomic E-state index is 0.131. The first-order valence-corrected chi connectivity index (χ1v) is 13.0. The molecule has 1 fully saturated rings. The number of ether oxygens (including phenoxy) is 1. The molecule has 0 bridgehead atoms. The van der Waals surface area contributed by atoms with Crippen LogP contribution in [-0.4, -0.2) is 0 Å². The summed E-state index contributed by atoms with van der Waals surface area (Å²) in [5.41, 5.74) is 2.11. The molecule has 1 heterocycles. The largest absolute Gasteiger partial charge is 0.427 e. The van der Waals surface area contributed by atoms with Crippen molar-refractivity contribution in [3.05, 3.63) is 52.8 Å². The molecule has 0 N–H and O–H groups in total. The van der Waals surface area contributed by atoms with Crippen molar-refractivity contribution in [1.29, 1.82) is 0 Å². The lowest BCUT2D eigenvalue weighted by atomic mass is 9.77. The summed E-state index contributed by atoms with van der Waals surface area (Å²) in [6.45, 7) is 4.39. The first kappa shape index (κ1) is 24.2. The third kappa shape index (κ3) is 5.25. The maximum Gasteiger partial charge on any atom is 0.427 e. The maximum absolute atomic E-state index is 15.2. The van der Waals surface area contributed by atoms with Gasteiger partial charge < -0.3 is 4.74 Å². The highest BCUT2D eigenvalue weighted by Gasteiger charge is 2.44. The number of unbranched alkanes of at least 4 members (excludes halogenated alkanes) is 5. The Labute approximate surface area is 196 Å². The van der Waals surface area contributed by atoms with Crippen LogP contribution in [-0.2, 0) is 12.5 Å². The second-order valence-corrected chi connectivity index (χ2v) is 9.98. The Bertz CT molecular complexity index is 944. The molecule has 0 spiro atoms. The molecule has 0 saturated heterocycles. The van der Waals surface area contributed by atoms with Gasteiger partial charge in [0.2, 0.25) is 0 Å². The molecule has 1 aliphatic heterocycles. The van der Waals surface area contributed by atoms with Gasteiger partial charge in [0, 0.05) is 5.56 Å². The van der Waals surface area contributed by atoms with E-state index in [1.54, 1.807) is 24.3 Å². The van der Waals surface area contributed by atoms with Crippen LogP contribution >= 0.6 is 0 Å². The predicted molar refractivity (Wildman–Crippen MR) is 128 cm³/mol. The molecule has 33 heavy (non-hydrogen) atoms. The van der Waals surface area contributed by atoms with E-state index in [-0.39, 0.29) is 11.3 Å². The van der Waals surface area contributed by atoms with Crippen LogP contribution < -0.4 is 4.74 Å².